The Balaban J connectivity index is 1.72. The van der Waals surface area contributed by atoms with Gasteiger partial charge in [0.25, 0.3) is 0 Å². The summed E-state index contributed by atoms with van der Waals surface area (Å²) < 4.78 is 6.46. The molecule has 0 spiro atoms. The fourth-order valence-corrected chi connectivity index (χ4v) is 6.11. The second-order valence-corrected chi connectivity index (χ2v) is 8.89. The number of aliphatic hydroxyl groups is 2. The Bertz CT molecular complexity index is 501. The highest BCUT2D eigenvalue weighted by molar-refractivity contribution is 5.27. The van der Waals surface area contributed by atoms with E-state index in [4.69, 9.17) is 4.74 Å². The monoisotopic (exact) mass is 306 g/mol. The molecule has 1 saturated heterocycles. The molecule has 0 aromatic carbocycles. The first-order valence-corrected chi connectivity index (χ1v) is 9.05. The molecule has 8 atom stereocenters. The van der Waals surface area contributed by atoms with Crippen LogP contribution in [0.2, 0.25) is 0 Å². The molecule has 0 aromatic rings. The first-order valence-electron chi connectivity index (χ1n) is 9.05. The quantitative estimate of drug-likeness (QED) is 0.677. The molecule has 0 amide bonds. The lowest BCUT2D eigenvalue weighted by molar-refractivity contribution is -0.209. The first kappa shape index (κ1) is 15.2. The van der Waals surface area contributed by atoms with Crippen molar-refractivity contribution in [1.29, 1.82) is 0 Å². The van der Waals surface area contributed by atoms with Crippen LogP contribution in [-0.2, 0) is 4.74 Å². The lowest BCUT2D eigenvalue weighted by atomic mass is 9.53. The Kier molecular flexibility index (Phi) is 3.32. The number of hydrogen-bond acceptors (Lipinski definition) is 3. The third-order valence-corrected chi connectivity index (χ3v) is 7.86. The average Bonchev–Trinajstić information content (AvgIpc) is 2.77. The van der Waals surface area contributed by atoms with Crippen LogP contribution in [0.5, 0.6) is 0 Å². The van der Waals surface area contributed by atoms with Gasteiger partial charge < -0.3 is 14.9 Å². The van der Waals surface area contributed by atoms with E-state index in [1.807, 2.05) is 6.08 Å². The zero-order chi connectivity index (χ0) is 15.7. The van der Waals surface area contributed by atoms with Crippen molar-refractivity contribution in [2.45, 2.75) is 71.2 Å². The summed E-state index contributed by atoms with van der Waals surface area (Å²) >= 11 is 0. The SMILES string of the molecule is C[C@H]1CCC2C3C(OC[C@@]21C)[C@@]1(C)CC[C@H](O)C=C1C[C@@H]3O. The van der Waals surface area contributed by atoms with E-state index in [1.54, 1.807) is 0 Å². The molecule has 3 aliphatic carbocycles. The molecule has 0 aromatic heterocycles. The third-order valence-electron chi connectivity index (χ3n) is 7.86. The minimum absolute atomic E-state index is 0.0102. The maximum Gasteiger partial charge on any atom is 0.0724 e. The predicted molar refractivity (Wildman–Crippen MR) is 85.3 cm³/mol. The lowest BCUT2D eigenvalue weighted by Crippen LogP contribution is -2.61. The van der Waals surface area contributed by atoms with Crippen LogP contribution in [-0.4, -0.2) is 35.1 Å². The number of rotatable bonds is 0. The molecule has 3 fully saturated rings. The van der Waals surface area contributed by atoms with Gasteiger partial charge in [0.05, 0.1) is 24.9 Å². The Hall–Kier alpha value is -0.380. The van der Waals surface area contributed by atoms with Crippen LogP contribution in [0.4, 0.5) is 0 Å². The van der Waals surface area contributed by atoms with Gasteiger partial charge in [0.15, 0.2) is 0 Å². The number of hydrogen-bond donors (Lipinski definition) is 2. The standard InChI is InChI=1S/C19H30O3/c1-11-4-5-14-16-15(21)9-12-8-13(20)6-7-18(12,2)17(16)22-10-19(11,14)3/h8,11,13-17,20-21H,4-7,9-10H2,1-3H3/t11-,13-,14?,15-,16?,17?,18-,19+/m0/s1. The molecule has 1 heterocycles. The second kappa shape index (κ2) is 4.81. The van der Waals surface area contributed by atoms with Crippen molar-refractivity contribution >= 4 is 0 Å². The van der Waals surface area contributed by atoms with Gasteiger partial charge in [0.1, 0.15) is 0 Å². The van der Waals surface area contributed by atoms with E-state index >= 15 is 0 Å². The minimum atomic E-state index is -0.341. The van der Waals surface area contributed by atoms with Crippen molar-refractivity contribution in [3.8, 4) is 0 Å². The maximum atomic E-state index is 10.9. The van der Waals surface area contributed by atoms with Crippen molar-refractivity contribution in [3.05, 3.63) is 11.6 Å². The van der Waals surface area contributed by atoms with Crippen LogP contribution in [0.1, 0.15) is 52.9 Å². The van der Waals surface area contributed by atoms with Gasteiger partial charge in [-0.05, 0) is 49.4 Å². The van der Waals surface area contributed by atoms with Crippen LogP contribution >= 0.6 is 0 Å². The van der Waals surface area contributed by atoms with Crippen molar-refractivity contribution < 1.29 is 14.9 Å². The summed E-state index contributed by atoms with van der Waals surface area (Å²) in [5.74, 6) is 1.53. The maximum absolute atomic E-state index is 10.9. The molecule has 0 radical (unpaired) electrons. The zero-order valence-corrected chi connectivity index (χ0v) is 14.1. The van der Waals surface area contributed by atoms with Crippen LogP contribution in [0.15, 0.2) is 11.6 Å². The van der Waals surface area contributed by atoms with Crippen molar-refractivity contribution in [3.63, 3.8) is 0 Å². The van der Waals surface area contributed by atoms with E-state index in [-0.39, 0.29) is 35.1 Å². The Labute approximate surface area is 133 Å². The van der Waals surface area contributed by atoms with E-state index in [0.29, 0.717) is 11.8 Å². The summed E-state index contributed by atoms with van der Waals surface area (Å²) in [6, 6.07) is 0. The molecule has 0 bridgehead atoms. The summed E-state index contributed by atoms with van der Waals surface area (Å²) in [6.07, 6.45) is 6.48. The van der Waals surface area contributed by atoms with E-state index in [2.05, 4.69) is 20.8 Å². The van der Waals surface area contributed by atoms with Crippen molar-refractivity contribution in [2.24, 2.45) is 28.6 Å². The summed E-state index contributed by atoms with van der Waals surface area (Å²) in [5.41, 5.74) is 1.47. The average molecular weight is 306 g/mol. The molecule has 2 N–H and O–H groups in total. The van der Waals surface area contributed by atoms with Gasteiger partial charge in [-0.3, -0.25) is 0 Å². The summed E-state index contributed by atoms with van der Waals surface area (Å²) in [4.78, 5) is 0. The van der Waals surface area contributed by atoms with E-state index < -0.39 is 0 Å². The Morgan fingerprint density at radius 1 is 1.18 bits per heavy atom. The Morgan fingerprint density at radius 3 is 2.73 bits per heavy atom. The zero-order valence-electron chi connectivity index (χ0n) is 14.1. The second-order valence-electron chi connectivity index (χ2n) is 8.89. The Morgan fingerprint density at radius 2 is 1.95 bits per heavy atom. The summed E-state index contributed by atoms with van der Waals surface area (Å²) in [5, 5.41) is 20.9. The summed E-state index contributed by atoms with van der Waals surface area (Å²) in [6.45, 7) is 7.85. The number of aliphatic hydroxyl groups excluding tert-OH is 2. The molecule has 2 saturated carbocycles. The molecular weight excluding hydrogens is 276 g/mol. The van der Waals surface area contributed by atoms with Gasteiger partial charge in [-0.15, -0.1) is 0 Å². The molecule has 22 heavy (non-hydrogen) atoms. The topological polar surface area (TPSA) is 49.7 Å². The van der Waals surface area contributed by atoms with Gasteiger partial charge in [0.2, 0.25) is 0 Å². The van der Waals surface area contributed by atoms with E-state index in [1.165, 1.54) is 18.4 Å². The molecule has 3 unspecified atom stereocenters. The van der Waals surface area contributed by atoms with Gasteiger partial charge in [0, 0.05) is 11.3 Å². The van der Waals surface area contributed by atoms with Crippen LogP contribution < -0.4 is 0 Å². The molecule has 4 rings (SSSR count). The normalized spacial score (nSPS) is 57.6. The number of fused-ring (bicyclic) bond motifs is 5. The molecular formula is C19H30O3. The third kappa shape index (κ3) is 1.85. The molecule has 3 heteroatoms. The van der Waals surface area contributed by atoms with Gasteiger partial charge in [-0.2, -0.15) is 0 Å². The lowest BCUT2D eigenvalue weighted by Gasteiger charge is -2.59. The van der Waals surface area contributed by atoms with Gasteiger partial charge >= 0.3 is 0 Å². The van der Waals surface area contributed by atoms with Crippen LogP contribution in [0.3, 0.4) is 0 Å². The van der Waals surface area contributed by atoms with Crippen LogP contribution in [0.25, 0.3) is 0 Å². The first-order chi connectivity index (χ1) is 10.4. The van der Waals surface area contributed by atoms with Gasteiger partial charge in [-0.1, -0.05) is 32.4 Å². The fraction of sp³-hybridized carbons (Fsp3) is 0.895. The fourth-order valence-electron chi connectivity index (χ4n) is 6.11. The molecule has 4 aliphatic rings. The molecule has 1 aliphatic heterocycles. The van der Waals surface area contributed by atoms with Gasteiger partial charge in [-0.25, -0.2) is 0 Å². The smallest absolute Gasteiger partial charge is 0.0724 e. The largest absolute Gasteiger partial charge is 0.392 e. The number of ether oxygens (including phenoxy) is 1. The van der Waals surface area contributed by atoms with Crippen molar-refractivity contribution in [1.82, 2.24) is 0 Å². The van der Waals surface area contributed by atoms with E-state index in [9.17, 15) is 10.2 Å². The highest BCUT2D eigenvalue weighted by Gasteiger charge is 2.61. The summed E-state index contributed by atoms with van der Waals surface area (Å²) in [7, 11) is 0. The highest BCUT2D eigenvalue weighted by Crippen LogP contribution is 2.62. The molecule has 124 valence electrons. The minimum Gasteiger partial charge on any atom is -0.392 e. The van der Waals surface area contributed by atoms with Crippen LogP contribution in [0, 0.1) is 28.6 Å². The van der Waals surface area contributed by atoms with E-state index in [0.717, 1.165) is 25.9 Å². The predicted octanol–water partition coefficient (Wildman–Crippen LogP) is 2.91. The van der Waals surface area contributed by atoms with Crippen molar-refractivity contribution in [2.75, 3.05) is 6.61 Å². The highest BCUT2D eigenvalue weighted by atomic mass is 16.5. The molecule has 3 nitrogen and oxygen atoms in total.